The van der Waals surface area contributed by atoms with Gasteiger partial charge in [0.2, 0.25) is 0 Å². The average Bonchev–Trinajstić information content (AvgIpc) is 2.79. The van der Waals surface area contributed by atoms with E-state index in [1.165, 1.54) is 0 Å². The zero-order valence-electron chi connectivity index (χ0n) is 10.3. The summed E-state index contributed by atoms with van der Waals surface area (Å²) in [5, 5.41) is 24.6. The smallest absolute Gasteiger partial charge is 0.116 e. The van der Waals surface area contributed by atoms with Gasteiger partial charge in [0, 0.05) is 12.6 Å². The van der Waals surface area contributed by atoms with Crippen molar-refractivity contribution in [3.05, 3.63) is 48.2 Å². The molecule has 0 spiro atoms. The maximum absolute atomic E-state index is 9.45. The lowest BCUT2D eigenvalue weighted by Crippen LogP contribution is -1.94. The van der Waals surface area contributed by atoms with Gasteiger partial charge < -0.3 is 5.11 Å². The van der Waals surface area contributed by atoms with Gasteiger partial charge in [-0.15, -0.1) is 0 Å². The predicted octanol–water partition coefficient (Wildman–Crippen LogP) is 2.82. The predicted molar refractivity (Wildman–Crippen MR) is 72.5 cm³/mol. The van der Waals surface area contributed by atoms with E-state index in [1.54, 1.807) is 23.0 Å². The lowest BCUT2D eigenvalue weighted by Gasteiger charge is -2.05. The van der Waals surface area contributed by atoms with Crippen LogP contribution in [0.2, 0.25) is 0 Å². The molecule has 1 aromatic heterocycles. The number of rotatable bonds is 1. The van der Waals surface area contributed by atoms with Gasteiger partial charge in [0.25, 0.3) is 0 Å². The SMILES string of the molecule is Cn1ncc(C#N)c1-c1ccc2cc(O)ccc2c1. The number of phenols is 1. The fraction of sp³-hybridized carbons (Fsp3) is 0.0667. The first-order valence-corrected chi connectivity index (χ1v) is 5.84. The third-order valence-corrected chi connectivity index (χ3v) is 3.16. The Morgan fingerprint density at radius 2 is 1.89 bits per heavy atom. The Hall–Kier alpha value is -2.80. The van der Waals surface area contributed by atoms with Gasteiger partial charge in [-0.25, -0.2) is 0 Å². The summed E-state index contributed by atoms with van der Waals surface area (Å²) in [6.45, 7) is 0. The van der Waals surface area contributed by atoms with E-state index in [2.05, 4.69) is 11.2 Å². The lowest BCUT2D eigenvalue weighted by molar-refractivity contribution is 0.476. The second kappa shape index (κ2) is 4.14. The first kappa shape index (κ1) is 11.3. The molecule has 4 nitrogen and oxygen atoms in total. The molecule has 0 atom stereocenters. The van der Waals surface area contributed by atoms with Crippen LogP contribution in [-0.2, 0) is 7.05 Å². The van der Waals surface area contributed by atoms with Crippen LogP contribution in [0.5, 0.6) is 5.75 Å². The topological polar surface area (TPSA) is 61.8 Å². The third-order valence-electron chi connectivity index (χ3n) is 3.16. The minimum atomic E-state index is 0.249. The summed E-state index contributed by atoms with van der Waals surface area (Å²) >= 11 is 0. The first-order valence-electron chi connectivity index (χ1n) is 5.84. The van der Waals surface area contributed by atoms with Crippen LogP contribution in [0.25, 0.3) is 22.0 Å². The van der Waals surface area contributed by atoms with E-state index in [4.69, 9.17) is 5.26 Å². The molecule has 4 heteroatoms. The quantitative estimate of drug-likeness (QED) is 0.721. The van der Waals surface area contributed by atoms with E-state index in [0.717, 1.165) is 22.0 Å². The molecule has 0 radical (unpaired) electrons. The molecule has 2 aromatic carbocycles. The Morgan fingerprint density at radius 3 is 2.68 bits per heavy atom. The lowest BCUT2D eigenvalue weighted by atomic mass is 10.0. The number of benzene rings is 2. The van der Waals surface area contributed by atoms with Gasteiger partial charge in [-0.3, -0.25) is 4.68 Å². The molecular weight excluding hydrogens is 238 g/mol. The van der Waals surface area contributed by atoms with E-state index in [-0.39, 0.29) is 5.75 Å². The number of nitriles is 1. The Kier molecular flexibility index (Phi) is 2.46. The van der Waals surface area contributed by atoms with Crippen molar-refractivity contribution in [1.82, 2.24) is 9.78 Å². The fourth-order valence-corrected chi connectivity index (χ4v) is 2.24. The number of phenolic OH excluding ortho intramolecular Hbond substituents is 1. The second-order valence-electron chi connectivity index (χ2n) is 4.39. The van der Waals surface area contributed by atoms with Crippen molar-refractivity contribution in [3.8, 4) is 23.1 Å². The van der Waals surface area contributed by atoms with Gasteiger partial charge in [-0.05, 0) is 29.0 Å². The van der Waals surface area contributed by atoms with Crippen LogP contribution in [0.1, 0.15) is 5.56 Å². The van der Waals surface area contributed by atoms with Crippen molar-refractivity contribution in [2.24, 2.45) is 7.05 Å². The molecule has 0 aliphatic rings. The summed E-state index contributed by atoms with van der Waals surface area (Å²) in [5.74, 6) is 0.249. The van der Waals surface area contributed by atoms with Crippen LogP contribution in [-0.4, -0.2) is 14.9 Å². The zero-order chi connectivity index (χ0) is 13.4. The van der Waals surface area contributed by atoms with Crippen molar-refractivity contribution in [1.29, 1.82) is 5.26 Å². The Labute approximate surface area is 110 Å². The van der Waals surface area contributed by atoms with Crippen molar-refractivity contribution < 1.29 is 5.11 Å². The highest BCUT2D eigenvalue weighted by molar-refractivity contribution is 5.88. The highest BCUT2D eigenvalue weighted by atomic mass is 16.3. The third kappa shape index (κ3) is 1.81. The van der Waals surface area contributed by atoms with E-state index in [9.17, 15) is 5.11 Å². The number of hydrogen-bond acceptors (Lipinski definition) is 3. The number of fused-ring (bicyclic) bond motifs is 1. The van der Waals surface area contributed by atoms with Crippen LogP contribution in [0.15, 0.2) is 42.6 Å². The molecule has 0 aliphatic heterocycles. The molecule has 3 rings (SSSR count). The molecule has 0 saturated carbocycles. The average molecular weight is 249 g/mol. The standard InChI is InChI=1S/C15H11N3O/c1-18-15(13(8-16)9-17-18)12-3-2-11-7-14(19)5-4-10(11)6-12/h2-7,9,19H,1H3. The molecule has 1 heterocycles. The van der Waals surface area contributed by atoms with Gasteiger partial charge in [0.05, 0.1) is 17.5 Å². The summed E-state index contributed by atoms with van der Waals surface area (Å²) in [7, 11) is 1.82. The highest BCUT2D eigenvalue weighted by Gasteiger charge is 2.10. The van der Waals surface area contributed by atoms with E-state index in [1.807, 2.05) is 31.3 Å². The van der Waals surface area contributed by atoms with E-state index < -0.39 is 0 Å². The molecule has 0 bridgehead atoms. The Balaban J connectivity index is 2.24. The molecule has 0 aliphatic carbocycles. The number of aromatic hydroxyl groups is 1. The summed E-state index contributed by atoms with van der Waals surface area (Å²) in [4.78, 5) is 0. The van der Waals surface area contributed by atoms with Gasteiger partial charge in [0.1, 0.15) is 11.8 Å². The van der Waals surface area contributed by atoms with Crippen molar-refractivity contribution in [3.63, 3.8) is 0 Å². The molecule has 1 N–H and O–H groups in total. The summed E-state index contributed by atoms with van der Waals surface area (Å²) in [6, 6.07) is 13.2. The molecule has 0 fully saturated rings. The molecule has 3 aromatic rings. The van der Waals surface area contributed by atoms with Crippen LogP contribution in [0, 0.1) is 11.3 Å². The maximum atomic E-state index is 9.45. The van der Waals surface area contributed by atoms with Gasteiger partial charge in [-0.2, -0.15) is 10.4 Å². The summed E-state index contributed by atoms with van der Waals surface area (Å²) in [5.41, 5.74) is 2.30. The van der Waals surface area contributed by atoms with Crippen LogP contribution < -0.4 is 0 Å². The van der Waals surface area contributed by atoms with Crippen molar-refractivity contribution >= 4 is 10.8 Å². The van der Waals surface area contributed by atoms with E-state index >= 15 is 0 Å². The number of hydrogen-bond donors (Lipinski definition) is 1. The Bertz CT molecular complexity index is 812. The van der Waals surface area contributed by atoms with Crippen molar-refractivity contribution in [2.45, 2.75) is 0 Å². The monoisotopic (exact) mass is 249 g/mol. The normalized spacial score (nSPS) is 10.5. The molecular formula is C15H11N3O. The molecule has 92 valence electrons. The molecule has 0 amide bonds. The zero-order valence-corrected chi connectivity index (χ0v) is 10.3. The summed E-state index contributed by atoms with van der Waals surface area (Å²) in [6.07, 6.45) is 1.57. The highest BCUT2D eigenvalue weighted by Crippen LogP contribution is 2.28. The van der Waals surface area contributed by atoms with Crippen LogP contribution >= 0.6 is 0 Å². The number of aryl methyl sites for hydroxylation is 1. The molecule has 0 saturated heterocycles. The largest absolute Gasteiger partial charge is 0.508 e. The van der Waals surface area contributed by atoms with Crippen LogP contribution in [0.4, 0.5) is 0 Å². The summed E-state index contributed by atoms with van der Waals surface area (Å²) < 4.78 is 1.69. The minimum absolute atomic E-state index is 0.249. The molecule has 19 heavy (non-hydrogen) atoms. The molecule has 0 unspecified atom stereocenters. The Morgan fingerprint density at radius 1 is 1.16 bits per heavy atom. The van der Waals surface area contributed by atoms with Gasteiger partial charge >= 0.3 is 0 Å². The van der Waals surface area contributed by atoms with Gasteiger partial charge in [-0.1, -0.05) is 18.2 Å². The maximum Gasteiger partial charge on any atom is 0.116 e. The van der Waals surface area contributed by atoms with Crippen LogP contribution in [0.3, 0.4) is 0 Å². The van der Waals surface area contributed by atoms with E-state index in [0.29, 0.717) is 5.56 Å². The minimum Gasteiger partial charge on any atom is -0.508 e. The fourth-order valence-electron chi connectivity index (χ4n) is 2.24. The van der Waals surface area contributed by atoms with Gasteiger partial charge in [0.15, 0.2) is 0 Å². The first-order chi connectivity index (χ1) is 9.19. The second-order valence-corrected chi connectivity index (χ2v) is 4.39. The number of aromatic nitrogens is 2. The number of nitrogens with zero attached hydrogens (tertiary/aromatic N) is 3. The van der Waals surface area contributed by atoms with Crippen molar-refractivity contribution in [2.75, 3.05) is 0 Å².